The molecule has 1 N–H and O–H groups in total. The number of carbonyl (C=O) groups excluding carboxylic acids is 1. The first-order valence-electron chi connectivity index (χ1n) is 12.0. The first-order chi connectivity index (χ1) is 16.5. The van der Waals surface area contributed by atoms with Gasteiger partial charge in [0.25, 0.3) is 0 Å². The van der Waals surface area contributed by atoms with Crippen molar-refractivity contribution in [1.82, 2.24) is 9.97 Å². The lowest BCUT2D eigenvalue weighted by atomic mass is 9.49. The number of aromatic amines is 1. The smallest absolute Gasteiger partial charge is 0.317 e. The number of nitrogens with zero attached hydrogens (tertiary/aromatic N) is 2. The molecule has 172 valence electrons. The zero-order valence-electron chi connectivity index (χ0n) is 19.2. The fraction of sp³-hybridized carbons (Fsp3) is 0.393. The number of hydrogen-bond acceptors (Lipinski definition) is 5. The summed E-state index contributed by atoms with van der Waals surface area (Å²) in [5.41, 5.74) is 2.54. The number of ether oxygens (including phenoxy) is 2. The molecule has 34 heavy (non-hydrogen) atoms. The number of nitrogens with one attached hydrogen (secondary N) is 1. The molecular weight excluding hydrogens is 426 g/mol. The van der Waals surface area contributed by atoms with Crippen molar-refractivity contribution in [3.05, 3.63) is 53.9 Å². The Labute approximate surface area is 198 Å². The maximum Gasteiger partial charge on any atom is 0.317 e. The number of allylic oxidation sites excluding steroid dienone is 1. The van der Waals surface area contributed by atoms with Crippen LogP contribution >= 0.6 is 0 Å². The third kappa shape index (κ3) is 3.56. The number of nitriles is 1. The summed E-state index contributed by atoms with van der Waals surface area (Å²) in [7, 11) is 1.56. The summed E-state index contributed by atoms with van der Waals surface area (Å²) in [5.74, 6) is 3.35. The highest BCUT2D eigenvalue weighted by Gasteiger charge is 2.55. The largest absolute Gasteiger partial charge is 0.493 e. The van der Waals surface area contributed by atoms with Crippen LogP contribution in [0, 0.1) is 34.5 Å². The van der Waals surface area contributed by atoms with Gasteiger partial charge in [-0.2, -0.15) is 5.26 Å². The van der Waals surface area contributed by atoms with Crippen LogP contribution in [-0.2, 0) is 4.79 Å². The molecule has 0 spiro atoms. The molecule has 0 saturated heterocycles. The molecule has 4 aliphatic rings. The van der Waals surface area contributed by atoms with Crippen LogP contribution in [0.4, 0.5) is 0 Å². The second-order valence-electron chi connectivity index (χ2n) is 10.3. The molecule has 0 unspecified atom stereocenters. The second kappa shape index (κ2) is 8.02. The normalized spacial score (nSPS) is 27.5. The number of rotatable bonds is 5. The van der Waals surface area contributed by atoms with Gasteiger partial charge < -0.3 is 14.5 Å². The first kappa shape index (κ1) is 21.0. The van der Waals surface area contributed by atoms with E-state index >= 15 is 0 Å². The maximum absolute atomic E-state index is 13.4. The van der Waals surface area contributed by atoms with Gasteiger partial charge >= 0.3 is 5.97 Å². The van der Waals surface area contributed by atoms with Crippen LogP contribution in [0.3, 0.4) is 0 Å². The average Bonchev–Trinajstić information content (AvgIpc) is 3.26. The Balaban J connectivity index is 1.25. The molecule has 0 radical (unpaired) electrons. The van der Waals surface area contributed by atoms with E-state index in [1.165, 1.54) is 19.3 Å². The SMILES string of the molecule is COc1cc(C=C(C#N)c2nc3ccccc3[nH]2)ccc1OC(=O)C12CC3CC(CC(C3)C1)C2. The van der Waals surface area contributed by atoms with Crippen molar-refractivity contribution in [3.8, 4) is 17.6 Å². The number of methoxy groups -OCH3 is 1. The number of fused-ring (bicyclic) bond motifs is 1. The molecule has 4 aliphatic carbocycles. The van der Waals surface area contributed by atoms with E-state index in [0.29, 0.717) is 40.7 Å². The molecule has 0 aliphatic heterocycles. The molecule has 4 bridgehead atoms. The van der Waals surface area contributed by atoms with Gasteiger partial charge in [0.1, 0.15) is 11.9 Å². The highest BCUT2D eigenvalue weighted by molar-refractivity contribution is 5.90. The Morgan fingerprint density at radius 2 is 1.79 bits per heavy atom. The molecule has 6 heteroatoms. The van der Waals surface area contributed by atoms with Crippen molar-refractivity contribution >= 4 is 28.7 Å². The Hall–Kier alpha value is -3.59. The van der Waals surface area contributed by atoms with Gasteiger partial charge in [-0.15, -0.1) is 0 Å². The molecule has 4 saturated carbocycles. The van der Waals surface area contributed by atoms with Gasteiger partial charge in [0.2, 0.25) is 0 Å². The van der Waals surface area contributed by atoms with Crippen molar-refractivity contribution in [2.45, 2.75) is 38.5 Å². The summed E-state index contributed by atoms with van der Waals surface area (Å²) in [5, 5.41) is 9.74. The van der Waals surface area contributed by atoms with Crippen molar-refractivity contribution in [3.63, 3.8) is 0 Å². The zero-order chi connectivity index (χ0) is 23.3. The van der Waals surface area contributed by atoms with E-state index in [1.54, 1.807) is 25.3 Å². The van der Waals surface area contributed by atoms with Gasteiger partial charge in [0.05, 0.1) is 29.1 Å². The minimum Gasteiger partial charge on any atom is -0.493 e. The number of hydrogen-bond donors (Lipinski definition) is 1. The molecule has 0 amide bonds. The number of benzene rings is 2. The monoisotopic (exact) mass is 453 g/mol. The Morgan fingerprint density at radius 3 is 2.44 bits per heavy atom. The van der Waals surface area contributed by atoms with E-state index in [2.05, 4.69) is 16.0 Å². The number of aromatic nitrogens is 2. The van der Waals surface area contributed by atoms with E-state index in [-0.39, 0.29) is 11.4 Å². The Bertz CT molecular complexity index is 1280. The predicted molar refractivity (Wildman–Crippen MR) is 129 cm³/mol. The summed E-state index contributed by atoms with van der Waals surface area (Å²) in [6.45, 7) is 0. The Morgan fingerprint density at radius 1 is 1.09 bits per heavy atom. The lowest BCUT2D eigenvalue weighted by Crippen LogP contribution is -2.51. The molecule has 1 aromatic heterocycles. The van der Waals surface area contributed by atoms with E-state index in [1.807, 2.05) is 30.3 Å². The number of para-hydroxylation sites is 2. The molecule has 3 aromatic rings. The van der Waals surface area contributed by atoms with E-state index in [0.717, 1.165) is 35.9 Å². The van der Waals surface area contributed by atoms with Gasteiger partial charge in [-0.1, -0.05) is 18.2 Å². The molecular formula is C28H27N3O3. The maximum atomic E-state index is 13.4. The van der Waals surface area contributed by atoms with Crippen LogP contribution < -0.4 is 9.47 Å². The van der Waals surface area contributed by atoms with Crippen LogP contribution in [0.15, 0.2) is 42.5 Å². The van der Waals surface area contributed by atoms with Crippen molar-refractivity contribution in [1.29, 1.82) is 5.26 Å². The van der Waals surface area contributed by atoms with Crippen molar-refractivity contribution < 1.29 is 14.3 Å². The first-order valence-corrected chi connectivity index (χ1v) is 12.0. The molecule has 1 heterocycles. The zero-order valence-corrected chi connectivity index (χ0v) is 19.2. The van der Waals surface area contributed by atoms with Crippen LogP contribution in [0.5, 0.6) is 11.5 Å². The predicted octanol–water partition coefficient (Wildman–Crippen LogP) is 5.76. The lowest BCUT2D eigenvalue weighted by Gasteiger charge is -2.55. The van der Waals surface area contributed by atoms with Gasteiger partial charge in [-0.25, -0.2) is 4.98 Å². The topological polar surface area (TPSA) is 88.0 Å². The van der Waals surface area contributed by atoms with Gasteiger partial charge in [0.15, 0.2) is 11.5 Å². The van der Waals surface area contributed by atoms with Crippen molar-refractivity contribution in [2.75, 3.05) is 7.11 Å². The van der Waals surface area contributed by atoms with Gasteiger partial charge in [0, 0.05) is 0 Å². The second-order valence-corrected chi connectivity index (χ2v) is 10.3. The summed E-state index contributed by atoms with van der Waals surface area (Å²) in [6.07, 6.45) is 8.49. The number of H-pyrrole nitrogens is 1. The summed E-state index contributed by atoms with van der Waals surface area (Å²) >= 11 is 0. The Kier molecular flexibility index (Phi) is 4.95. The summed E-state index contributed by atoms with van der Waals surface area (Å²) in [4.78, 5) is 21.1. The fourth-order valence-electron chi connectivity index (χ4n) is 6.83. The van der Waals surface area contributed by atoms with Gasteiger partial charge in [-0.3, -0.25) is 4.79 Å². The van der Waals surface area contributed by atoms with E-state index in [9.17, 15) is 10.1 Å². The fourth-order valence-corrected chi connectivity index (χ4v) is 6.83. The third-order valence-corrected chi connectivity index (χ3v) is 7.94. The van der Waals surface area contributed by atoms with Crippen LogP contribution in [0.25, 0.3) is 22.7 Å². The number of esters is 1. The molecule has 0 atom stereocenters. The van der Waals surface area contributed by atoms with Crippen LogP contribution in [0.2, 0.25) is 0 Å². The molecule has 7 rings (SSSR count). The highest BCUT2D eigenvalue weighted by atomic mass is 16.6. The summed E-state index contributed by atoms with van der Waals surface area (Å²) < 4.78 is 11.5. The number of imidazole rings is 1. The quantitative estimate of drug-likeness (QED) is 0.302. The van der Waals surface area contributed by atoms with Gasteiger partial charge in [-0.05, 0) is 92.2 Å². The van der Waals surface area contributed by atoms with E-state index in [4.69, 9.17) is 9.47 Å². The minimum absolute atomic E-state index is 0.104. The summed E-state index contributed by atoms with van der Waals surface area (Å²) in [6, 6.07) is 15.3. The standard InChI is InChI=1S/C28H27N3O3/c1-33-25-12-17(11-21(16-29)26-30-22-4-2-3-5-23(22)31-26)6-7-24(25)34-27(32)28-13-18-8-19(14-28)10-20(9-18)15-28/h2-7,11-12,18-20H,8-10,13-15H2,1H3,(H,30,31). The third-order valence-electron chi connectivity index (χ3n) is 7.94. The van der Waals surface area contributed by atoms with Crippen LogP contribution in [0.1, 0.15) is 49.9 Å². The number of carbonyl (C=O) groups is 1. The molecule has 2 aromatic carbocycles. The highest BCUT2D eigenvalue weighted by Crippen LogP contribution is 2.60. The lowest BCUT2D eigenvalue weighted by molar-refractivity contribution is -0.161. The molecule has 4 fully saturated rings. The van der Waals surface area contributed by atoms with E-state index < -0.39 is 0 Å². The minimum atomic E-state index is -0.326. The molecule has 6 nitrogen and oxygen atoms in total. The van der Waals surface area contributed by atoms with Crippen LogP contribution in [-0.4, -0.2) is 23.0 Å². The van der Waals surface area contributed by atoms with Crippen molar-refractivity contribution in [2.24, 2.45) is 23.2 Å². The average molecular weight is 454 g/mol.